The van der Waals surface area contributed by atoms with Crippen molar-refractivity contribution in [1.29, 1.82) is 0 Å². The van der Waals surface area contributed by atoms with Gasteiger partial charge in [0.25, 0.3) is 5.88 Å². The second-order valence-corrected chi connectivity index (χ2v) is 14.5. The first-order chi connectivity index (χ1) is 25.5. The summed E-state index contributed by atoms with van der Waals surface area (Å²) in [5, 5.41) is 31.3. The molecule has 1 aromatic heterocycles. The van der Waals surface area contributed by atoms with Gasteiger partial charge in [-0.25, -0.2) is 4.39 Å². The molecular weight excluding hydrogens is 683 g/mol. The number of aliphatic hydroxyl groups excluding tert-OH is 1. The summed E-state index contributed by atoms with van der Waals surface area (Å²) < 4.78 is 34.1. The number of amides is 1. The highest BCUT2D eigenvalue weighted by Crippen LogP contribution is 2.56. The smallest absolute Gasteiger partial charge is 0.265 e. The Labute approximate surface area is 304 Å². The number of fused-ring (bicyclic) bond motifs is 4. The fourth-order valence-corrected chi connectivity index (χ4v) is 8.30. The third-order valence-electron chi connectivity index (χ3n) is 11.1. The van der Waals surface area contributed by atoms with Gasteiger partial charge >= 0.3 is 0 Å². The van der Waals surface area contributed by atoms with Gasteiger partial charge in [-0.3, -0.25) is 24.2 Å². The van der Waals surface area contributed by atoms with Crippen LogP contribution in [-0.4, -0.2) is 82.0 Å². The second kappa shape index (κ2) is 13.2. The van der Waals surface area contributed by atoms with Crippen LogP contribution in [0.5, 0.6) is 11.6 Å². The van der Waals surface area contributed by atoms with Gasteiger partial charge in [0, 0.05) is 29.7 Å². The Hall–Kier alpha value is -5.37. The maximum Gasteiger partial charge on any atom is 0.265 e. The quantitative estimate of drug-likeness (QED) is 0.203. The summed E-state index contributed by atoms with van der Waals surface area (Å²) in [7, 11) is 5.27. The van der Waals surface area contributed by atoms with E-state index < -0.39 is 52.7 Å². The molecule has 12 nitrogen and oxygen atoms in total. The van der Waals surface area contributed by atoms with Crippen molar-refractivity contribution in [2.45, 2.75) is 50.2 Å². The summed E-state index contributed by atoms with van der Waals surface area (Å²) in [6.07, 6.45) is 0.613. The van der Waals surface area contributed by atoms with Gasteiger partial charge < -0.3 is 29.5 Å². The monoisotopic (exact) mass is 722 g/mol. The molecule has 1 amide bonds. The first-order valence-electron chi connectivity index (χ1n) is 17.6. The molecule has 4 aliphatic rings. The first-order valence-corrected chi connectivity index (χ1v) is 17.6. The number of benzene rings is 3. The van der Waals surface area contributed by atoms with E-state index in [0.29, 0.717) is 6.42 Å². The van der Waals surface area contributed by atoms with Crippen LogP contribution < -0.4 is 14.8 Å². The lowest BCUT2D eigenvalue weighted by Gasteiger charge is -2.49. The molecule has 0 spiro atoms. The molecule has 0 bridgehead atoms. The highest BCUT2D eigenvalue weighted by atomic mass is 19.1. The molecule has 3 N–H and O–H groups in total. The minimum absolute atomic E-state index is 0.00212. The van der Waals surface area contributed by atoms with Gasteiger partial charge in [0.05, 0.1) is 23.3 Å². The normalized spacial score (nSPS) is 24.9. The van der Waals surface area contributed by atoms with Crippen molar-refractivity contribution in [1.82, 2.24) is 15.0 Å². The number of halogens is 1. The van der Waals surface area contributed by atoms with Crippen LogP contribution in [0, 0.1) is 17.7 Å². The molecule has 4 aromatic rings. The van der Waals surface area contributed by atoms with E-state index in [1.165, 1.54) is 6.07 Å². The topological polar surface area (TPSA) is 155 Å². The number of rotatable bonds is 9. The number of aromatic nitrogens is 1. The van der Waals surface area contributed by atoms with Crippen molar-refractivity contribution in [3.63, 3.8) is 0 Å². The zero-order chi connectivity index (χ0) is 37.2. The van der Waals surface area contributed by atoms with E-state index in [4.69, 9.17) is 14.0 Å². The number of ether oxygens (including phenoxy) is 2. The van der Waals surface area contributed by atoms with Gasteiger partial charge in [-0.2, -0.15) is 0 Å². The summed E-state index contributed by atoms with van der Waals surface area (Å²) in [5.41, 5.74) is -1.45. The Morgan fingerprint density at radius 2 is 1.70 bits per heavy atom. The maximum absolute atomic E-state index is 16.2. The number of anilines is 1. The summed E-state index contributed by atoms with van der Waals surface area (Å²) >= 11 is 0. The summed E-state index contributed by atoms with van der Waals surface area (Å²) in [5.74, 6) is -5.47. The minimum Gasteiger partial charge on any atom is -0.507 e. The zero-order valence-electron chi connectivity index (χ0n) is 29.5. The van der Waals surface area contributed by atoms with Crippen molar-refractivity contribution < 1.29 is 43.0 Å². The van der Waals surface area contributed by atoms with Crippen LogP contribution >= 0.6 is 0 Å². The lowest BCUT2D eigenvalue weighted by molar-refractivity contribution is -0.142. The Bertz CT molecular complexity index is 2150. The van der Waals surface area contributed by atoms with Crippen molar-refractivity contribution in [2.24, 2.45) is 11.8 Å². The van der Waals surface area contributed by atoms with Crippen molar-refractivity contribution >= 4 is 28.9 Å². The van der Waals surface area contributed by atoms with Crippen molar-refractivity contribution in [3.8, 4) is 11.6 Å². The number of Topliss-reactive ketones (excluding diaryl/α,β-unsaturated/α-hetero) is 2. The van der Waals surface area contributed by atoms with E-state index in [0.717, 1.165) is 17.7 Å². The van der Waals surface area contributed by atoms with Crippen LogP contribution in [0.1, 0.15) is 57.3 Å². The molecule has 0 unspecified atom stereocenters. The molecule has 1 saturated carbocycles. The fraction of sp³-hybridized carbons (Fsp3) is 0.350. The van der Waals surface area contributed by atoms with Crippen LogP contribution in [0.25, 0.3) is 5.76 Å². The number of likely N-dealkylation sites (tertiary alicyclic amines) is 1. The minimum atomic E-state index is -2.64. The average Bonchev–Trinajstić information content (AvgIpc) is 3.55. The molecule has 3 aliphatic carbocycles. The van der Waals surface area contributed by atoms with E-state index in [1.54, 1.807) is 19.0 Å². The molecule has 274 valence electrons. The predicted octanol–water partition coefficient (Wildman–Crippen LogP) is 4.88. The van der Waals surface area contributed by atoms with E-state index in [2.05, 4.69) is 10.5 Å². The molecule has 2 fully saturated rings. The molecular formula is C40H39FN4O8. The van der Waals surface area contributed by atoms with Crippen LogP contribution in [-0.2, 0) is 29.2 Å². The molecule has 1 saturated heterocycles. The number of likely N-dealkylation sites (N-methyl/N-ethyl adjacent to an activating group) is 1. The Balaban J connectivity index is 1.22. The number of ketones is 2. The summed E-state index contributed by atoms with van der Waals surface area (Å²) in [6.45, 7) is 0.786. The zero-order valence-corrected chi connectivity index (χ0v) is 29.5. The number of hydrogen-bond acceptors (Lipinski definition) is 11. The van der Waals surface area contributed by atoms with Crippen LogP contribution in [0.2, 0.25) is 0 Å². The summed E-state index contributed by atoms with van der Waals surface area (Å²) in [6, 6.07) is 18.3. The van der Waals surface area contributed by atoms with E-state index in [9.17, 15) is 24.6 Å². The SMILES string of the molecule is CN(C)[C@@H]1c2onc(OCc3ccccc3)c2C(=O)[C@@]2(O)C(=O)C3=C(O)c4c(c(F)cc(NC(=O)[C@@H]5CCN5C)c4OCc4ccccc4)C[C@H]3C[C@@H]12. The maximum atomic E-state index is 16.2. The standard InChI is InChI=1S/C40H39FN4O8/c1-44(2)32-25-17-23-16-24-26(41)18-27(42-38(49)28-14-15-45(28)3)34(51-19-21-10-6-4-7-11-21)30(24)33(46)29(23)36(47)40(25,50)37(48)31-35(32)53-43-39(31)52-20-22-12-8-5-9-13-22/h4-13,18,23,25,28,32,46,50H,14-17,19-20H2,1-3H3,(H,42,49)/t23-,25-,28-,32-,40-/m0/s1. The molecule has 13 heteroatoms. The van der Waals surface area contributed by atoms with Crippen LogP contribution in [0.15, 0.2) is 76.8 Å². The molecule has 1 aliphatic heterocycles. The number of nitrogens with one attached hydrogen (secondary N) is 1. The van der Waals surface area contributed by atoms with Crippen molar-refractivity contribution in [2.75, 3.05) is 33.0 Å². The molecule has 3 aromatic carbocycles. The van der Waals surface area contributed by atoms with Gasteiger partial charge in [0.2, 0.25) is 17.5 Å². The molecule has 8 rings (SSSR count). The van der Waals surface area contributed by atoms with Gasteiger partial charge in [-0.05, 0) is 62.6 Å². The molecule has 0 radical (unpaired) electrons. The number of nitrogens with zero attached hydrogens (tertiary/aromatic N) is 3. The highest BCUT2D eigenvalue weighted by Gasteiger charge is 2.65. The van der Waals surface area contributed by atoms with Gasteiger partial charge in [0.15, 0.2) is 17.1 Å². The molecule has 53 heavy (non-hydrogen) atoms. The fourth-order valence-electron chi connectivity index (χ4n) is 8.30. The Morgan fingerprint density at radius 3 is 2.30 bits per heavy atom. The highest BCUT2D eigenvalue weighted by molar-refractivity contribution is 6.26. The Kier molecular flexibility index (Phi) is 8.67. The number of aliphatic hydroxyl groups is 2. The predicted molar refractivity (Wildman–Crippen MR) is 190 cm³/mol. The molecule has 5 atom stereocenters. The molecule has 2 heterocycles. The van der Waals surface area contributed by atoms with E-state index in [1.807, 2.05) is 72.6 Å². The Morgan fingerprint density at radius 1 is 1.04 bits per heavy atom. The lowest BCUT2D eigenvalue weighted by atomic mass is 9.57. The lowest BCUT2D eigenvalue weighted by Crippen LogP contribution is -2.63. The van der Waals surface area contributed by atoms with Gasteiger partial charge in [-0.1, -0.05) is 60.7 Å². The summed E-state index contributed by atoms with van der Waals surface area (Å²) in [4.78, 5) is 46.0. The number of hydrogen-bond donors (Lipinski definition) is 3. The van der Waals surface area contributed by atoms with Crippen molar-refractivity contribution in [3.05, 3.63) is 112 Å². The van der Waals surface area contributed by atoms with Gasteiger partial charge in [0.1, 0.15) is 30.4 Å². The largest absolute Gasteiger partial charge is 0.507 e. The third-order valence-corrected chi connectivity index (χ3v) is 11.1. The number of carbonyl (C=O) groups excluding carboxylic acids is 3. The van der Waals surface area contributed by atoms with Crippen LogP contribution in [0.4, 0.5) is 10.1 Å². The van der Waals surface area contributed by atoms with Gasteiger partial charge in [-0.15, -0.1) is 0 Å². The van der Waals surface area contributed by atoms with E-state index in [-0.39, 0.29) is 77.3 Å². The van der Waals surface area contributed by atoms with Crippen LogP contribution in [0.3, 0.4) is 0 Å². The van der Waals surface area contributed by atoms with E-state index >= 15 is 4.39 Å². The number of carbonyl (C=O) groups is 3. The average molecular weight is 723 g/mol. The third kappa shape index (κ3) is 5.61. The first kappa shape index (κ1) is 34.7. The second-order valence-electron chi connectivity index (χ2n) is 14.5.